The first kappa shape index (κ1) is 12.2. The number of nitrogen functional groups attached to an aromatic ring is 1. The van der Waals surface area contributed by atoms with Crippen LogP contribution >= 0.6 is 0 Å². The number of hydrogen-bond acceptors (Lipinski definition) is 3. The Kier molecular flexibility index (Phi) is 2.86. The maximum absolute atomic E-state index is 12.5. The summed E-state index contributed by atoms with van der Waals surface area (Å²) in [7, 11) is 0. The summed E-state index contributed by atoms with van der Waals surface area (Å²) in [6.45, 7) is 0. The maximum atomic E-state index is 12.5. The smallest absolute Gasteiger partial charge is 0.433 e. The molecule has 0 unspecified atom stereocenters. The Bertz CT molecular complexity index is 582. The number of anilines is 1. The van der Waals surface area contributed by atoms with Gasteiger partial charge < -0.3 is 10.8 Å². The van der Waals surface area contributed by atoms with Crippen LogP contribution in [0.5, 0.6) is 5.75 Å². The average molecular weight is 254 g/mol. The van der Waals surface area contributed by atoms with Crippen LogP contribution in [0.15, 0.2) is 36.4 Å². The highest BCUT2D eigenvalue weighted by atomic mass is 19.4. The molecule has 0 spiro atoms. The third-order valence-corrected chi connectivity index (χ3v) is 2.34. The minimum atomic E-state index is -4.52. The summed E-state index contributed by atoms with van der Waals surface area (Å²) < 4.78 is 37.5. The van der Waals surface area contributed by atoms with Gasteiger partial charge in [-0.25, -0.2) is 4.98 Å². The van der Waals surface area contributed by atoms with E-state index in [9.17, 15) is 18.3 Å². The lowest BCUT2D eigenvalue weighted by atomic mass is 10.1. The van der Waals surface area contributed by atoms with Crippen molar-refractivity contribution in [3.8, 4) is 17.0 Å². The second-order valence-corrected chi connectivity index (χ2v) is 3.68. The zero-order valence-corrected chi connectivity index (χ0v) is 9.07. The minimum absolute atomic E-state index is 0.0228. The molecular formula is C12H9F3N2O. The molecule has 2 rings (SSSR count). The Labute approximate surface area is 101 Å². The molecule has 0 aliphatic rings. The van der Waals surface area contributed by atoms with Gasteiger partial charge in [-0.15, -0.1) is 0 Å². The van der Waals surface area contributed by atoms with E-state index in [1.807, 2.05) is 0 Å². The van der Waals surface area contributed by atoms with Crippen molar-refractivity contribution in [3.63, 3.8) is 0 Å². The molecule has 0 saturated heterocycles. The van der Waals surface area contributed by atoms with Gasteiger partial charge in [-0.1, -0.05) is 6.07 Å². The van der Waals surface area contributed by atoms with Crippen molar-refractivity contribution in [3.05, 3.63) is 42.1 Å². The molecule has 18 heavy (non-hydrogen) atoms. The lowest BCUT2D eigenvalue weighted by molar-refractivity contribution is -0.141. The van der Waals surface area contributed by atoms with Gasteiger partial charge in [0.15, 0.2) is 0 Å². The number of phenolic OH excluding ortho intramolecular Hbond substituents is 1. The van der Waals surface area contributed by atoms with Crippen molar-refractivity contribution in [2.24, 2.45) is 0 Å². The monoisotopic (exact) mass is 254 g/mol. The first-order valence-electron chi connectivity index (χ1n) is 5.01. The Morgan fingerprint density at radius 3 is 2.50 bits per heavy atom. The molecule has 0 amide bonds. The number of pyridine rings is 1. The highest BCUT2D eigenvalue weighted by molar-refractivity contribution is 5.70. The van der Waals surface area contributed by atoms with Crippen molar-refractivity contribution in [2.45, 2.75) is 6.18 Å². The van der Waals surface area contributed by atoms with Gasteiger partial charge >= 0.3 is 6.18 Å². The molecule has 3 N–H and O–H groups in total. The molecule has 0 fully saturated rings. The van der Waals surface area contributed by atoms with E-state index >= 15 is 0 Å². The average Bonchev–Trinajstić information content (AvgIpc) is 2.31. The lowest BCUT2D eigenvalue weighted by Gasteiger charge is -2.09. The second kappa shape index (κ2) is 4.21. The molecule has 1 aromatic carbocycles. The van der Waals surface area contributed by atoms with Gasteiger partial charge in [-0.05, 0) is 30.3 Å². The Hall–Kier alpha value is -2.24. The topological polar surface area (TPSA) is 59.1 Å². The molecule has 94 valence electrons. The molecule has 0 aliphatic carbocycles. The van der Waals surface area contributed by atoms with Crippen LogP contribution in [0.4, 0.5) is 18.9 Å². The Morgan fingerprint density at radius 1 is 1.11 bits per heavy atom. The van der Waals surface area contributed by atoms with Crippen LogP contribution in [0.2, 0.25) is 0 Å². The standard InChI is InChI=1S/C12H9F3N2O/c13-12(14,15)11-3-1-2-9(17-11)8-6-7(16)4-5-10(8)18/h1-6,18H,16H2. The van der Waals surface area contributed by atoms with Crippen LogP contribution in [0, 0.1) is 0 Å². The summed E-state index contributed by atoms with van der Waals surface area (Å²) in [6.07, 6.45) is -4.52. The molecule has 6 heteroatoms. The van der Waals surface area contributed by atoms with Gasteiger partial charge in [-0.3, -0.25) is 0 Å². The Morgan fingerprint density at radius 2 is 1.83 bits per heavy atom. The molecule has 2 aromatic rings. The van der Waals surface area contributed by atoms with Gasteiger partial charge in [0.05, 0.1) is 5.69 Å². The molecule has 0 saturated carbocycles. The first-order chi connectivity index (χ1) is 8.38. The fraction of sp³-hybridized carbons (Fsp3) is 0.0833. The number of aromatic hydroxyl groups is 1. The second-order valence-electron chi connectivity index (χ2n) is 3.68. The highest BCUT2D eigenvalue weighted by Crippen LogP contribution is 2.33. The van der Waals surface area contributed by atoms with E-state index < -0.39 is 11.9 Å². The number of hydrogen-bond donors (Lipinski definition) is 2. The van der Waals surface area contributed by atoms with E-state index in [0.29, 0.717) is 5.69 Å². The summed E-state index contributed by atoms with van der Waals surface area (Å²) >= 11 is 0. The zero-order valence-electron chi connectivity index (χ0n) is 9.07. The molecule has 0 atom stereocenters. The molecule has 0 radical (unpaired) electrons. The summed E-state index contributed by atoms with van der Waals surface area (Å²) in [5.74, 6) is -0.170. The van der Waals surface area contributed by atoms with Gasteiger partial charge in [0.1, 0.15) is 11.4 Å². The van der Waals surface area contributed by atoms with Gasteiger partial charge in [0.25, 0.3) is 0 Å². The SMILES string of the molecule is Nc1ccc(O)c(-c2cccc(C(F)(F)F)n2)c1. The predicted molar refractivity (Wildman–Crippen MR) is 60.8 cm³/mol. The number of nitrogens with two attached hydrogens (primary N) is 1. The van der Waals surface area contributed by atoms with Gasteiger partial charge in [-0.2, -0.15) is 13.2 Å². The number of nitrogens with zero attached hydrogens (tertiary/aromatic N) is 1. The van der Waals surface area contributed by atoms with Crippen molar-refractivity contribution < 1.29 is 18.3 Å². The fourth-order valence-corrected chi connectivity index (χ4v) is 1.50. The molecule has 0 bridgehead atoms. The van der Waals surface area contributed by atoms with Crippen LogP contribution in [-0.4, -0.2) is 10.1 Å². The van der Waals surface area contributed by atoms with Crippen molar-refractivity contribution in [1.29, 1.82) is 0 Å². The lowest BCUT2D eigenvalue weighted by Crippen LogP contribution is -2.08. The number of benzene rings is 1. The number of alkyl halides is 3. The number of rotatable bonds is 1. The molecule has 0 aliphatic heterocycles. The third-order valence-electron chi connectivity index (χ3n) is 2.34. The normalized spacial score (nSPS) is 11.5. The van der Waals surface area contributed by atoms with Crippen molar-refractivity contribution >= 4 is 5.69 Å². The van der Waals surface area contributed by atoms with E-state index in [0.717, 1.165) is 6.07 Å². The summed E-state index contributed by atoms with van der Waals surface area (Å²) in [5, 5.41) is 9.61. The Balaban J connectivity index is 2.55. The fourth-order valence-electron chi connectivity index (χ4n) is 1.50. The number of phenols is 1. The van der Waals surface area contributed by atoms with E-state index in [1.54, 1.807) is 0 Å². The minimum Gasteiger partial charge on any atom is -0.507 e. The van der Waals surface area contributed by atoms with Gasteiger partial charge in [0, 0.05) is 11.3 Å². The molecular weight excluding hydrogens is 245 g/mol. The van der Waals surface area contributed by atoms with Crippen LogP contribution < -0.4 is 5.73 Å². The number of halogens is 3. The summed E-state index contributed by atoms with van der Waals surface area (Å²) in [5.41, 5.74) is 5.04. The van der Waals surface area contributed by atoms with E-state index in [2.05, 4.69) is 4.98 Å². The van der Waals surface area contributed by atoms with Crippen LogP contribution in [-0.2, 0) is 6.18 Å². The highest BCUT2D eigenvalue weighted by Gasteiger charge is 2.32. The van der Waals surface area contributed by atoms with Crippen molar-refractivity contribution in [2.75, 3.05) is 5.73 Å². The van der Waals surface area contributed by atoms with E-state index in [4.69, 9.17) is 5.73 Å². The van der Waals surface area contributed by atoms with Crippen LogP contribution in [0.25, 0.3) is 11.3 Å². The third kappa shape index (κ3) is 2.37. The first-order valence-corrected chi connectivity index (χ1v) is 5.01. The largest absolute Gasteiger partial charge is 0.507 e. The predicted octanol–water partition coefficient (Wildman–Crippen LogP) is 3.06. The quantitative estimate of drug-likeness (QED) is 0.607. The van der Waals surface area contributed by atoms with Crippen LogP contribution in [0.1, 0.15) is 5.69 Å². The summed E-state index contributed by atoms with van der Waals surface area (Å²) in [6, 6.07) is 7.61. The molecule has 1 heterocycles. The van der Waals surface area contributed by atoms with E-state index in [-0.39, 0.29) is 17.0 Å². The maximum Gasteiger partial charge on any atom is 0.433 e. The van der Waals surface area contributed by atoms with Gasteiger partial charge in [0.2, 0.25) is 0 Å². The molecule has 3 nitrogen and oxygen atoms in total. The van der Waals surface area contributed by atoms with Crippen LogP contribution in [0.3, 0.4) is 0 Å². The van der Waals surface area contributed by atoms with Crippen molar-refractivity contribution in [1.82, 2.24) is 4.98 Å². The zero-order chi connectivity index (χ0) is 13.3. The summed E-state index contributed by atoms with van der Waals surface area (Å²) in [4.78, 5) is 3.48. The van der Waals surface area contributed by atoms with E-state index in [1.165, 1.54) is 30.3 Å². The number of aromatic nitrogens is 1. The molecule has 1 aromatic heterocycles.